The molecule has 1 heterocycles. The topological polar surface area (TPSA) is 260 Å². The quantitative estimate of drug-likeness (QED) is 0.0372. The zero-order valence-corrected chi connectivity index (χ0v) is 35.4. The van der Waals surface area contributed by atoms with Gasteiger partial charge in [-0.1, -0.05) is 75.4 Å². The van der Waals surface area contributed by atoms with Crippen molar-refractivity contribution in [3.05, 3.63) is 105 Å². The lowest BCUT2D eigenvalue weighted by molar-refractivity contribution is -0.113. The maximum atomic E-state index is 14.5. The number of aryl methyl sites for hydroxylation is 1. The maximum Gasteiger partial charge on any atom is 0.296 e. The highest BCUT2D eigenvalue weighted by Gasteiger charge is 2.35. The number of amides is 1. The van der Waals surface area contributed by atoms with Gasteiger partial charge in [0.15, 0.2) is 11.6 Å². The maximum absolute atomic E-state index is 14.5. The molecule has 60 heavy (non-hydrogen) atoms. The molecule has 0 fully saturated rings. The average Bonchev–Trinajstić information content (AvgIpc) is 3.18. The van der Waals surface area contributed by atoms with Crippen molar-refractivity contribution in [3.63, 3.8) is 0 Å². The standard InChI is InChI=1S/C40H39N3O13S4/c1-3-4-5-6-7-10-18-57-22-33(44)42-29-20-28(31(59(51,52)53)21-32(29)60(54,55)56)41-27-16-17-30-36-34(25-14-8-9-15-26(25)39(46)35(27)36)37(40(47)43(30)2)38(45)23-12-11-13-24(19-23)58(48,49)50/h8-9,11-17,19-21,41H,3-7,10,18,22H2,1-2H3,(H,42,44)(H,48,49,50)(H,51,52,53)(H,54,55,56). The first-order chi connectivity index (χ1) is 28.2. The van der Waals surface area contributed by atoms with E-state index in [0.717, 1.165) is 61.3 Å². The second-order valence-electron chi connectivity index (χ2n) is 14.0. The molecule has 5 aromatic rings. The van der Waals surface area contributed by atoms with Gasteiger partial charge in [0.25, 0.3) is 35.9 Å². The Labute approximate surface area is 349 Å². The molecule has 6 rings (SSSR count). The summed E-state index contributed by atoms with van der Waals surface area (Å²) in [4.78, 5) is 53.1. The lowest BCUT2D eigenvalue weighted by atomic mass is 9.80. The minimum Gasteiger partial charge on any atom is -0.354 e. The summed E-state index contributed by atoms with van der Waals surface area (Å²) in [7, 11) is -13.9. The number of aromatic nitrogens is 1. The highest BCUT2D eigenvalue weighted by molar-refractivity contribution is 7.99. The number of hydrogen-bond donors (Lipinski definition) is 5. The molecule has 0 bridgehead atoms. The first-order valence-electron chi connectivity index (χ1n) is 18.5. The molecular formula is C40H39N3O13S4. The van der Waals surface area contributed by atoms with Crippen LogP contribution in [0, 0.1) is 0 Å². The molecule has 1 aliphatic carbocycles. The number of rotatable bonds is 17. The number of carbonyl (C=O) groups excluding carboxylic acids is 3. The normalized spacial score (nSPS) is 12.7. The molecule has 4 aromatic carbocycles. The minimum absolute atomic E-state index is 0.0117. The molecule has 0 spiro atoms. The van der Waals surface area contributed by atoms with Crippen LogP contribution in [0.5, 0.6) is 0 Å². The third-order valence-electron chi connectivity index (χ3n) is 9.91. The van der Waals surface area contributed by atoms with E-state index < -0.39 is 85.0 Å². The number of fused-ring (bicyclic) bond motifs is 2. The molecule has 0 unspecified atom stereocenters. The SMILES string of the molecule is CCCCCCCCSCC(=O)Nc1cc(Nc2ccc3c4c2C(=O)c2ccccc2-c4c(C(=O)c2cccc(S(=O)(=O)O)c2)c(=O)n3C)c(S(=O)(=O)O)cc1S(=O)(=O)O. The van der Waals surface area contributed by atoms with Gasteiger partial charge in [-0.25, -0.2) is 0 Å². The number of thioether (sulfide) groups is 1. The number of nitrogens with one attached hydrogen (secondary N) is 2. The lowest BCUT2D eigenvalue weighted by Gasteiger charge is -2.26. The molecule has 1 aliphatic rings. The summed E-state index contributed by atoms with van der Waals surface area (Å²) in [5, 5.41) is 5.20. The molecule has 5 N–H and O–H groups in total. The number of benzene rings is 4. The van der Waals surface area contributed by atoms with Crippen molar-refractivity contribution >= 4 is 87.6 Å². The van der Waals surface area contributed by atoms with E-state index in [1.54, 1.807) is 6.07 Å². The molecule has 20 heteroatoms. The Morgan fingerprint density at radius 1 is 0.700 bits per heavy atom. The van der Waals surface area contributed by atoms with Gasteiger partial charge in [-0.2, -0.15) is 37.0 Å². The van der Waals surface area contributed by atoms with Crippen LogP contribution in [0.4, 0.5) is 17.1 Å². The van der Waals surface area contributed by atoms with Crippen molar-refractivity contribution in [1.29, 1.82) is 0 Å². The Kier molecular flexibility index (Phi) is 12.9. The summed E-state index contributed by atoms with van der Waals surface area (Å²) in [5.74, 6) is -1.77. The van der Waals surface area contributed by atoms with E-state index in [-0.39, 0.29) is 50.2 Å². The second-order valence-corrected chi connectivity index (χ2v) is 19.3. The molecule has 1 aromatic heterocycles. The van der Waals surface area contributed by atoms with E-state index in [9.17, 15) is 58.1 Å². The molecule has 0 atom stereocenters. The van der Waals surface area contributed by atoms with E-state index >= 15 is 0 Å². The third kappa shape index (κ3) is 9.09. The van der Waals surface area contributed by atoms with Crippen LogP contribution < -0.4 is 16.2 Å². The van der Waals surface area contributed by atoms with E-state index in [1.807, 2.05) is 0 Å². The predicted octanol–water partition coefficient (Wildman–Crippen LogP) is 6.50. The van der Waals surface area contributed by atoms with Crippen molar-refractivity contribution in [2.24, 2.45) is 7.05 Å². The predicted molar refractivity (Wildman–Crippen MR) is 226 cm³/mol. The van der Waals surface area contributed by atoms with Crippen molar-refractivity contribution in [2.75, 3.05) is 22.1 Å². The van der Waals surface area contributed by atoms with Crippen LogP contribution in [0.2, 0.25) is 0 Å². The van der Waals surface area contributed by atoms with Gasteiger partial charge in [-0.3, -0.25) is 32.8 Å². The van der Waals surface area contributed by atoms with Gasteiger partial charge >= 0.3 is 0 Å². The summed E-state index contributed by atoms with van der Waals surface area (Å²) in [6.45, 7) is 2.11. The molecule has 0 radical (unpaired) electrons. The van der Waals surface area contributed by atoms with E-state index in [1.165, 1.54) is 61.3 Å². The zero-order chi connectivity index (χ0) is 43.7. The lowest BCUT2D eigenvalue weighted by Crippen LogP contribution is -2.29. The van der Waals surface area contributed by atoms with Crippen LogP contribution in [0.3, 0.4) is 0 Å². The molecule has 0 saturated heterocycles. The van der Waals surface area contributed by atoms with Gasteiger partial charge in [0, 0.05) is 29.1 Å². The highest BCUT2D eigenvalue weighted by atomic mass is 32.2. The number of carbonyl (C=O) groups is 3. The number of nitrogens with zero attached hydrogens (tertiary/aromatic N) is 1. The monoisotopic (exact) mass is 897 g/mol. The average molecular weight is 898 g/mol. The van der Waals surface area contributed by atoms with Crippen molar-refractivity contribution in [1.82, 2.24) is 4.57 Å². The minimum atomic E-state index is -5.29. The summed E-state index contributed by atoms with van der Waals surface area (Å²) in [6, 6.07) is 14.4. The van der Waals surface area contributed by atoms with Crippen LogP contribution >= 0.6 is 11.8 Å². The summed E-state index contributed by atoms with van der Waals surface area (Å²) in [6.07, 6.45) is 6.22. The summed E-state index contributed by atoms with van der Waals surface area (Å²) >= 11 is 1.29. The number of hydrogen-bond acceptors (Lipinski definition) is 12. The Bertz CT molecular complexity index is 3000. The third-order valence-corrected chi connectivity index (χ3v) is 13.6. The number of unbranched alkanes of at least 4 members (excludes halogenated alkanes) is 5. The fourth-order valence-electron chi connectivity index (χ4n) is 7.09. The van der Waals surface area contributed by atoms with Gasteiger partial charge in [0.05, 0.1) is 44.4 Å². The Morgan fingerprint density at radius 3 is 2.02 bits per heavy atom. The van der Waals surface area contributed by atoms with Gasteiger partial charge in [-0.15, -0.1) is 0 Å². The van der Waals surface area contributed by atoms with Gasteiger partial charge in [0.2, 0.25) is 5.91 Å². The van der Waals surface area contributed by atoms with Crippen molar-refractivity contribution in [2.45, 2.75) is 60.1 Å². The van der Waals surface area contributed by atoms with Crippen LogP contribution in [0.15, 0.2) is 92.3 Å². The number of ketones is 2. The van der Waals surface area contributed by atoms with E-state index in [2.05, 4.69) is 17.6 Å². The van der Waals surface area contributed by atoms with Crippen LogP contribution in [-0.2, 0) is 42.2 Å². The van der Waals surface area contributed by atoms with Crippen LogP contribution in [0.25, 0.3) is 22.0 Å². The molecular weight excluding hydrogens is 859 g/mol. The van der Waals surface area contributed by atoms with Crippen LogP contribution in [0.1, 0.15) is 77.3 Å². The first-order valence-corrected chi connectivity index (χ1v) is 23.9. The van der Waals surface area contributed by atoms with Crippen molar-refractivity contribution < 1.29 is 53.3 Å². The number of anilines is 3. The molecule has 1 amide bonds. The molecule has 0 saturated carbocycles. The summed E-state index contributed by atoms with van der Waals surface area (Å²) < 4.78 is 106. The first kappa shape index (κ1) is 44.3. The molecule has 16 nitrogen and oxygen atoms in total. The largest absolute Gasteiger partial charge is 0.354 e. The van der Waals surface area contributed by atoms with E-state index in [0.29, 0.717) is 11.8 Å². The Morgan fingerprint density at radius 2 is 1.35 bits per heavy atom. The Hall–Kier alpha value is -5.22. The summed E-state index contributed by atoms with van der Waals surface area (Å²) in [5.41, 5.74) is -2.69. The fraction of sp³-hybridized carbons (Fsp3) is 0.250. The van der Waals surface area contributed by atoms with Gasteiger partial charge in [0.1, 0.15) is 9.79 Å². The van der Waals surface area contributed by atoms with Gasteiger partial charge < -0.3 is 15.2 Å². The van der Waals surface area contributed by atoms with E-state index in [4.69, 9.17) is 0 Å². The number of pyridine rings is 1. The zero-order valence-electron chi connectivity index (χ0n) is 32.1. The smallest absolute Gasteiger partial charge is 0.296 e. The highest BCUT2D eigenvalue weighted by Crippen LogP contribution is 2.45. The molecule has 316 valence electrons. The van der Waals surface area contributed by atoms with Crippen molar-refractivity contribution in [3.8, 4) is 11.1 Å². The van der Waals surface area contributed by atoms with Gasteiger partial charge in [-0.05, 0) is 54.1 Å². The Balaban J connectivity index is 1.50. The second kappa shape index (κ2) is 17.4. The molecule has 0 aliphatic heterocycles. The fourth-order valence-corrected chi connectivity index (χ4v) is 9.81. The van der Waals surface area contributed by atoms with Crippen LogP contribution in [-0.4, -0.2) is 72.5 Å².